The maximum Gasteiger partial charge on any atom is -0.0386 e. The molecule has 0 bridgehead atoms. The van der Waals surface area contributed by atoms with E-state index in [0.29, 0.717) is 0 Å². The Hall–Kier alpha value is 0. The molecular weight excluding hydrogens is 180 g/mol. The van der Waals surface area contributed by atoms with Crippen molar-refractivity contribution < 1.29 is 0 Å². The summed E-state index contributed by atoms with van der Waals surface area (Å²) < 4.78 is 0. The van der Waals surface area contributed by atoms with Gasteiger partial charge < -0.3 is 0 Å². The van der Waals surface area contributed by atoms with E-state index < -0.39 is 0 Å². The van der Waals surface area contributed by atoms with Gasteiger partial charge in [-0.15, -0.1) is 0 Å². The highest BCUT2D eigenvalue weighted by Gasteiger charge is 2.23. The predicted octanol–water partition coefficient (Wildman–Crippen LogP) is 5.81. The SMILES string of the molecule is C.CCCCC1CCCCC1CCCC. The van der Waals surface area contributed by atoms with E-state index in [1.54, 1.807) is 0 Å². The van der Waals surface area contributed by atoms with Crippen molar-refractivity contribution in [1.82, 2.24) is 0 Å². The van der Waals surface area contributed by atoms with Gasteiger partial charge in [-0.3, -0.25) is 0 Å². The second-order valence-corrected chi connectivity index (χ2v) is 5.09. The van der Waals surface area contributed by atoms with Crippen LogP contribution in [0.2, 0.25) is 0 Å². The quantitative estimate of drug-likeness (QED) is 0.521. The summed E-state index contributed by atoms with van der Waals surface area (Å²) in [6, 6.07) is 0. The van der Waals surface area contributed by atoms with Gasteiger partial charge in [0, 0.05) is 0 Å². The van der Waals surface area contributed by atoms with Crippen LogP contribution in [-0.2, 0) is 0 Å². The van der Waals surface area contributed by atoms with Crippen molar-refractivity contribution >= 4 is 0 Å². The van der Waals surface area contributed by atoms with Crippen LogP contribution in [0.5, 0.6) is 0 Å². The molecule has 0 amide bonds. The molecule has 2 unspecified atom stereocenters. The van der Waals surface area contributed by atoms with Crippen LogP contribution in [0, 0.1) is 11.8 Å². The molecule has 0 aliphatic heterocycles. The minimum atomic E-state index is 0. The van der Waals surface area contributed by atoms with E-state index in [9.17, 15) is 0 Å². The standard InChI is InChI=1S/C14H28.CH4/c1-3-5-9-13-11-7-8-12-14(13)10-6-4-2;/h13-14H,3-12H2,1-2H3;1H4. The van der Waals surface area contributed by atoms with Crippen molar-refractivity contribution in [3.63, 3.8) is 0 Å². The molecule has 1 saturated carbocycles. The second kappa shape index (κ2) is 9.24. The van der Waals surface area contributed by atoms with E-state index in [-0.39, 0.29) is 7.43 Å². The molecule has 1 aliphatic carbocycles. The molecule has 1 aliphatic rings. The average molecular weight is 212 g/mol. The van der Waals surface area contributed by atoms with Crippen molar-refractivity contribution in [2.45, 2.75) is 85.5 Å². The van der Waals surface area contributed by atoms with E-state index in [1.165, 1.54) is 64.2 Å². The highest BCUT2D eigenvalue weighted by Crippen LogP contribution is 2.36. The zero-order valence-electron chi connectivity index (χ0n) is 10.2. The van der Waals surface area contributed by atoms with Gasteiger partial charge in [0.05, 0.1) is 0 Å². The summed E-state index contributed by atoms with van der Waals surface area (Å²) in [4.78, 5) is 0. The Labute approximate surface area is 97.8 Å². The summed E-state index contributed by atoms with van der Waals surface area (Å²) in [6.45, 7) is 4.65. The summed E-state index contributed by atoms with van der Waals surface area (Å²) in [5.74, 6) is 2.19. The molecule has 0 nitrogen and oxygen atoms in total. The molecule has 0 aromatic heterocycles. The lowest BCUT2D eigenvalue weighted by molar-refractivity contribution is 0.204. The van der Waals surface area contributed by atoms with Gasteiger partial charge in [0.25, 0.3) is 0 Å². The third kappa shape index (κ3) is 5.58. The van der Waals surface area contributed by atoms with Crippen LogP contribution >= 0.6 is 0 Å². The molecule has 0 aromatic rings. The molecule has 1 rings (SSSR count). The van der Waals surface area contributed by atoms with Gasteiger partial charge in [-0.2, -0.15) is 0 Å². The molecule has 0 N–H and O–H groups in total. The fourth-order valence-electron chi connectivity index (χ4n) is 2.98. The van der Waals surface area contributed by atoms with Crippen LogP contribution in [0.1, 0.15) is 85.5 Å². The Morgan fingerprint density at radius 3 is 1.53 bits per heavy atom. The Balaban J connectivity index is 0.00000196. The molecule has 0 heteroatoms. The smallest absolute Gasteiger partial charge is 0.0386 e. The summed E-state index contributed by atoms with van der Waals surface area (Å²) in [5, 5.41) is 0. The van der Waals surface area contributed by atoms with Crippen molar-refractivity contribution in [2.75, 3.05) is 0 Å². The van der Waals surface area contributed by atoms with Crippen molar-refractivity contribution in [3.05, 3.63) is 0 Å². The maximum atomic E-state index is 2.32. The van der Waals surface area contributed by atoms with E-state index in [4.69, 9.17) is 0 Å². The number of rotatable bonds is 6. The van der Waals surface area contributed by atoms with E-state index >= 15 is 0 Å². The first kappa shape index (κ1) is 15.0. The second-order valence-electron chi connectivity index (χ2n) is 5.09. The molecule has 0 heterocycles. The van der Waals surface area contributed by atoms with Gasteiger partial charge in [-0.1, -0.05) is 85.5 Å². The first-order valence-electron chi connectivity index (χ1n) is 6.88. The zero-order chi connectivity index (χ0) is 10.2. The van der Waals surface area contributed by atoms with Crippen molar-refractivity contribution in [1.29, 1.82) is 0 Å². The molecule has 92 valence electrons. The van der Waals surface area contributed by atoms with E-state index in [0.717, 1.165) is 11.8 Å². The van der Waals surface area contributed by atoms with Crippen LogP contribution in [0.3, 0.4) is 0 Å². The lowest BCUT2D eigenvalue weighted by Crippen LogP contribution is -2.19. The van der Waals surface area contributed by atoms with Gasteiger partial charge in [-0.25, -0.2) is 0 Å². The molecule has 0 radical (unpaired) electrons. The number of hydrogen-bond donors (Lipinski definition) is 0. The van der Waals surface area contributed by atoms with Gasteiger partial charge >= 0.3 is 0 Å². The molecular formula is C15H32. The lowest BCUT2D eigenvalue weighted by atomic mass is 9.74. The first-order chi connectivity index (χ1) is 6.88. The van der Waals surface area contributed by atoms with Gasteiger partial charge in [0.15, 0.2) is 0 Å². The highest BCUT2D eigenvalue weighted by atomic mass is 14.3. The van der Waals surface area contributed by atoms with Crippen molar-refractivity contribution in [3.8, 4) is 0 Å². The highest BCUT2D eigenvalue weighted by molar-refractivity contribution is 4.75. The third-order valence-electron chi connectivity index (χ3n) is 3.92. The summed E-state index contributed by atoms with van der Waals surface area (Å²) in [5.41, 5.74) is 0. The molecule has 15 heavy (non-hydrogen) atoms. The summed E-state index contributed by atoms with van der Waals surface area (Å²) >= 11 is 0. The van der Waals surface area contributed by atoms with Crippen LogP contribution in [0.4, 0.5) is 0 Å². The normalized spacial score (nSPS) is 26.0. The van der Waals surface area contributed by atoms with Crippen LogP contribution in [0.25, 0.3) is 0 Å². The minimum absolute atomic E-state index is 0. The molecule has 2 atom stereocenters. The Morgan fingerprint density at radius 2 is 1.20 bits per heavy atom. The fraction of sp³-hybridized carbons (Fsp3) is 1.00. The predicted molar refractivity (Wildman–Crippen MR) is 71.2 cm³/mol. The maximum absolute atomic E-state index is 2.32. The fourth-order valence-corrected chi connectivity index (χ4v) is 2.98. The average Bonchev–Trinajstić information content (AvgIpc) is 2.24. The number of hydrogen-bond acceptors (Lipinski definition) is 0. The molecule has 0 spiro atoms. The Bertz CT molecular complexity index is 112. The summed E-state index contributed by atoms with van der Waals surface area (Å²) in [7, 11) is 0. The Kier molecular flexibility index (Phi) is 9.24. The van der Waals surface area contributed by atoms with Gasteiger partial charge in [-0.05, 0) is 11.8 Å². The van der Waals surface area contributed by atoms with Crippen molar-refractivity contribution in [2.24, 2.45) is 11.8 Å². The first-order valence-corrected chi connectivity index (χ1v) is 6.88. The topological polar surface area (TPSA) is 0 Å². The van der Waals surface area contributed by atoms with Crippen LogP contribution in [0.15, 0.2) is 0 Å². The van der Waals surface area contributed by atoms with E-state index in [1.807, 2.05) is 0 Å². The number of unbranched alkanes of at least 4 members (excludes halogenated alkanes) is 2. The van der Waals surface area contributed by atoms with E-state index in [2.05, 4.69) is 13.8 Å². The van der Waals surface area contributed by atoms with Crippen LogP contribution < -0.4 is 0 Å². The zero-order valence-corrected chi connectivity index (χ0v) is 10.2. The molecule has 1 fully saturated rings. The monoisotopic (exact) mass is 212 g/mol. The molecule has 0 saturated heterocycles. The Morgan fingerprint density at radius 1 is 0.800 bits per heavy atom. The lowest BCUT2D eigenvalue weighted by Gasteiger charge is -2.31. The van der Waals surface area contributed by atoms with Gasteiger partial charge in [0.2, 0.25) is 0 Å². The van der Waals surface area contributed by atoms with Gasteiger partial charge in [0.1, 0.15) is 0 Å². The van der Waals surface area contributed by atoms with Crippen LogP contribution in [-0.4, -0.2) is 0 Å². The summed E-state index contributed by atoms with van der Waals surface area (Å²) in [6.07, 6.45) is 14.8. The largest absolute Gasteiger partial charge is 0.0776 e. The third-order valence-corrected chi connectivity index (χ3v) is 3.92. The molecule has 0 aromatic carbocycles. The minimum Gasteiger partial charge on any atom is -0.0776 e.